The fraction of sp³-hybridized carbons (Fsp3) is 0.238. The van der Waals surface area contributed by atoms with Crippen LogP contribution in [0.3, 0.4) is 0 Å². The number of anilines is 1. The van der Waals surface area contributed by atoms with Gasteiger partial charge in [0.25, 0.3) is 5.91 Å². The number of nitrogens with zero attached hydrogens (tertiary/aromatic N) is 2. The van der Waals surface area contributed by atoms with Crippen LogP contribution in [0.2, 0.25) is 5.02 Å². The minimum atomic E-state index is -4.11. The van der Waals surface area contributed by atoms with Crippen molar-refractivity contribution in [1.82, 2.24) is 4.31 Å². The number of methoxy groups -OCH3 is 2. The normalized spacial score (nSPS) is 15.1. The van der Waals surface area contributed by atoms with Crippen LogP contribution < -0.4 is 14.8 Å². The summed E-state index contributed by atoms with van der Waals surface area (Å²) in [6.07, 6.45) is 1.43. The van der Waals surface area contributed by atoms with Gasteiger partial charge in [0.15, 0.2) is 11.5 Å². The minimum Gasteiger partial charge on any atom is -0.493 e. The predicted octanol–water partition coefficient (Wildman–Crippen LogP) is 3.56. The number of benzene rings is 2. The van der Waals surface area contributed by atoms with Gasteiger partial charge in [-0.2, -0.15) is 8.42 Å². The smallest absolute Gasteiger partial charge is 0.345 e. The molecule has 164 valence electrons. The van der Waals surface area contributed by atoms with Crippen molar-refractivity contribution in [2.24, 2.45) is 4.40 Å². The summed E-state index contributed by atoms with van der Waals surface area (Å²) >= 11 is 6.13. The van der Waals surface area contributed by atoms with Gasteiger partial charge in [-0.3, -0.25) is 4.79 Å². The number of halogens is 1. The molecule has 8 nitrogen and oxygen atoms in total. The zero-order chi connectivity index (χ0) is 22.8. The number of nitrogens with one attached hydrogen (secondary N) is 1. The van der Waals surface area contributed by atoms with Gasteiger partial charge in [-0.25, -0.2) is 4.31 Å². The molecule has 0 bridgehead atoms. The average molecular weight is 464 g/mol. The van der Waals surface area contributed by atoms with Gasteiger partial charge in [0.2, 0.25) is 0 Å². The minimum absolute atomic E-state index is 0.0406. The number of carbonyl (C=O) groups excluding carboxylic acids is 1. The summed E-state index contributed by atoms with van der Waals surface area (Å²) in [5, 5.41) is 3.19. The molecule has 1 aliphatic heterocycles. The highest BCUT2D eigenvalue weighted by atomic mass is 35.5. The summed E-state index contributed by atoms with van der Waals surface area (Å²) < 4.78 is 40.9. The first-order chi connectivity index (χ1) is 14.7. The van der Waals surface area contributed by atoms with E-state index in [0.29, 0.717) is 27.8 Å². The molecule has 1 N–H and O–H groups in total. The van der Waals surface area contributed by atoms with Crippen LogP contribution >= 0.6 is 11.6 Å². The van der Waals surface area contributed by atoms with Gasteiger partial charge in [-0.15, -0.1) is 4.40 Å². The second-order valence-corrected chi connectivity index (χ2v) is 8.56. The molecule has 1 amide bonds. The van der Waals surface area contributed by atoms with Crippen molar-refractivity contribution in [3.05, 3.63) is 64.3 Å². The Balaban J connectivity index is 2.03. The molecule has 10 heteroatoms. The van der Waals surface area contributed by atoms with Gasteiger partial charge in [0.05, 0.1) is 19.9 Å². The van der Waals surface area contributed by atoms with Crippen molar-refractivity contribution in [1.29, 1.82) is 0 Å². The van der Waals surface area contributed by atoms with E-state index < -0.39 is 16.1 Å². The zero-order valence-corrected chi connectivity index (χ0v) is 19.0. The molecule has 0 atom stereocenters. The highest BCUT2D eigenvalue weighted by Gasteiger charge is 2.32. The van der Waals surface area contributed by atoms with E-state index in [4.69, 9.17) is 21.1 Å². The van der Waals surface area contributed by atoms with Gasteiger partial charge >= 0.3 is 10.2 Å². The first-order valence-corrected chi connectivity index (χ1v) is 11.1. The lowest BCUT2D eigenvalue weighted by Gasteiger charge is -2.26. The number of ether oxygens (including phenoxy) is 2. The van der Waals surface area contributed by atoms with Gasteiger partial charge < -0.3 is 14.8 Å². The topological polar surface area (TPSA) is 97.3 Å². The maximum absolute atomic E-state index is 13.0. The summed E-state index contributed by atoms with van der Waals surface area (Å²) in [7, 11) is -1.14. The van der Waals surface area contributed by atoms with E-state index in [1.807, 2.05) is 6.92 Å². The van der Waals surface area contributed by atoms with Crippen LogP contribution in [-0.4, -0.2) is 45.1 Å². The standard InChI is InChI=1S/C21H22ClN3O5S/c1-5-25-18(21(26)23-15-8-6-13(2)16(22)11-15)12-17(24-31(25,27)28)14-7-9-19(29-3)20(10-14)30-4/h6-12H,5H2,1-4H3,(H,23,26). The fourth-order valence-corrected chi connectivity index (χ4v) is 4.43. The number of hydrogen-bond acceptors (Lipinski definition) is 5. The Kier molecular flexibility index (Phi) is 6.56. The van der Waals surface area contributed by atoms with Crippen molar-refractivity contribution in [2.75, 3.05) is 26.1 Å². The van der Waals surface area contributed by atoms with Gasteiger partial charge in [-0.1, -0.05) is 17.7 Å². The largest absolute Gasteiger partial charge is 0.493 e. The number of allylic oxidation sites excluding steroid dienone is 1. The van der Waals surface area contributed by atoms with E-state index in [-0.39, 0.29) is 18.0 Å². The third-order valence-electron chi connectivity index (χ3n) is 4.66. The van der Waals surface area contributed by atoms with E-state index in [0.717, 1.165) is 9.87 Å². The van der Waals surface area contributed by atoms with Crippen molar-refractivity contribution in [3.63, 3.8) is 0 Å². The molecule has 2 aromatic carbocycles. The van der Waals surface area contributed by atoms with Crippen molar-refractivity contribution < 1.29 is 22.7 Å². The number of likely N-dealkylation sites (N-methyl/N-ethyl adjacent to an activating group) is 1. The van der Waals surface area contributed by atoms with Gasteiger partial charge in [0.1, 0.15) is 5.70 Å². The Labute approximate surface area is 186 Å². The molecule has 1 heterocycles. The van der Waals surface area contributed by atoms with E-state index in [9.17, 15) is 13.2 Å². The number of carbonyl (C=O) groups is 1. The van der Waals surface area contributed by atoms with Gasteiger partial charge in [0, 0.05) is 22.8 Å². The summed E-state index contributed by atoms with van der Waals surface area (Å²) in [4.78, 5) is 13.0. The second kappa shape index (κ2) is 8.99. The molecule has 0 unspecified atom stereocenters. The van der Waals surface area contributed by atoms with Crippen LogP contribution in [0.4, 0.5) is 5.69 Å². The fourth-order valence-electron chi connectivity index (χ4n) is 3.04. The monoisotopic (exact) mass is 463 g/mol. The Bertz CT molecular complexity index is 1190. The van der Waals surface area contributed by atoms with E-state index in [1.165, 1.54) is 20.3 Å². The van der Waals surface area contributed by atoms with Gasteiger partial charge in [-0.05, 0) is 55.8 Å². The first kappa shape index (κ1) is 22.6. The summed E-state index contributed by atoms with van der Waals surface area (Å²) in [5.74, 6) is 0.295. The Hall–Kier alpha value is -3.04. The van der Waals surface area contributed by atoms with E-state index in [2.05, 4.69) is 9.71 Å². The number of hydrogen-bond donors (Lipinski definition) is 1. The van der Waals surface area contributed by atoms with Crippen molar-refractivity contribution in [3.8, 4) is 11.5 Å². The highest BCUT2D eigenvalue weighted by Crippen LogP contribution is 2.30. The van der Waals surface area contributed by atoms with Crippen LogP contribution in [0, 0.1) is 6.92 Å². The number of rotatable bonds is 6. The molecular weight excluding hydrogens is 442 g/mol. The summed E-state index contributed by atoms with van der Waals surface area (Å²) in [6.45, 7) is 3.51. The Morgan fingerprint density at radius 1 is 1.13 bits per heavy atom. The van der Waals surface area contributed by atoms with Crippen LogP contribution in [-0.2, 0) is 15.0 Å². The van der Waals surface area contributed by atoms with Crippen molar-refractivity contribution >= 4 is 39.1 Å². The van der Waals surface area contributed by atoms with Crippen LogP contribution in [0.1, 0.15) is 18.1 Å². The van der Waals surface area contributed by atoms with Crippen molar-refractivity contribution in [2.45, 2.75) is 13.8 Å². The molecule has 0 fully saturated rings. The lowest BCUT2D eigenvalue weighted by molar-refractivity contribution is -0.113. The molecule has 0 aliphatic carbocycles. The van der Waals surface area contributed by atoms with Crippen LogP contribution in [0.15, 0.2) is 52.6 Å². The third kappa shape index (κ3) is 4.67. The summed E-state index contributed by atoms with van der Waals surface area (Å²) in [5.41, 5.74) is 1.82. The molecule has 0 saturated heterocycles. The molecule has 2 aromatic rings. The maximum Gasteiger partial charge on any atom is 0.345 e. The number of amides is 1. The lowest BCUT2D eigenvalue weighted by Crippen LogP contribution is -2.38. The molecule has 3 rings (SSSR count). The van der Waals surface area contributed by atoms with E-state index >= 15 is 0 Å². The molecular formula is C21H22ClN3O5S. The molecule has 0 spiro atoms. The van der Waals surface area contributed by atoms with Crippen LogP contribution in [0.5, 0.6) is 11.5 Å². The third-order valence-corrected chi connectivity index (χ3v) is 6.51. The molecule has 0 radical (unpaired) electrons. The number of aryl methyl sites for hydroxylation is 1. The SMILES string of the molecule is CCN1C(C(=O)Nc2ccc(C)c(Cl)c2)=CC(c2ccc(OC)c(OC)c2)=NS1(=O)=O. The molecule has 31 heavy (non-hydrogen) atoms. The average Bonchev–Trinajstić information content (AvgIpc) is 2.74. The summed E-state index contributed by atoms with van der Waals surface area (Å²) in [6, 6.07) is 9.93. The molecule has 1 aliphatic rings. The predicted molar refractivity (Wildman–Crippen MR) is 120 cm³/mol. The van der Waals surface area contributed by atoms with E-state index in [1.54, 1.807) is 43.3 Å². The first-order valence-electron chi connectivity index (χ1n) is 9.34. The maximum atomic E-state index is 13.0. The highest BCUT2D eigenvalue weighted by molar-refractivity contribution is 7.88. The zero-order valence-electron chi connectivity index (χ0n) is 17.5. The molecule has 0 aromatic heterocycles. The lowest BCUT2D eigenvalue weighted by atomic mass is 10.1. The Morgan fingerprint density at radius 3 is 2.45 bits per heavy atom. The quantitative estimate of drug-likeness (QED) is 0.706. The second-order valence-electron chi connectivity index (χ2n) is 6.64. The Morgan fingerprint density at radius 2 is 1.84 bits per heavy atom. The van der Waals surface area contributed by atoms with Crippen LogP contribution in [0.25, 0.3) is 0 Å². The molecule has 0 saturated carbocycles.